The van der Waals surface area contributed by atoms with E-state index in [0.717, 1.165) is 16.7 Å². The molecule has 3 atom stereocenters. The largest absolute Gasteiger partial charge is 0.467 e. The van der Waals surface area contributed by atoms with E-state index in [9.17, 15) is 18.9 Å². The molecule has 2 amide bonds. The molecule has 0 heterocycles. The zero-order valence-electron chi connectivity index (χ0n) is 25.4. The van der Waals surface area contributed by atoms with Crippen molar-refractivity contribution < 1.29 is 32.9 Å². The van der Waals surface area contributed by atoms with Gasteiger partial charge in [0.15, 0.2) is 0 Å². The van der Waals surface area contributed by atoms with Crippen molar-refractivity contribution in [3.8, 4) is 11.1 Å². The van der Waals surface area contributed by atoms with Crippen molar-refractivity contribution in [3.63, 3.8) is 0 Å². The molecule has 3 rings (SSSR count). The summed E-state index contributed by atoms with van der Waals surface area (Å²) in [4.78, 5) is 40.7. The smallest absolute Gasteiger partial charge is 0.407 e. The summed E-state index contributed by atoms with van der Waals surface area (Å²) >= 11 is 0. The first-order valence-electron chi connectivity index (χ1n) is 14.2. The fourth-order valence-electron chi connectivity index (χ4n) is 4.78. The lowest BCUT2D eigenvalue weighted by Crippen LogP contribution is -2.48. The number of hydrogen-bond donors (Lipinski definition) is 1. The summed E-state index contributed by atoms with van der Waals surface area (Å²) in [6.07, 6.45) is -0.798. The number of alkyl carbamates (subject to hydrolysis) is 1. The van der Waals surface area contributed by atoms with E-state index in [1.54, 1.807) is 19.1 Å². The van der Waals surface area contributed by atoms with Gasteiger partial charge >= 0.3 is 12.1 Å². The maximum atomic E-state index is 14.2. The van der Waals surface area contributed by atoms with E-state index in [4.69, 9.17) is 14.0 Å². The Hall–Kier alpha value is -3.94. The van der Waals surface area contributed by atoms with Gasteiger partial charge in [0, 0.05) is 24.9 Å². The molecule has 0 radical (unpaired) electrons. The fourth-order valence-corrected chi connectivity index (χ4v) is 6.53. The molecule has 0 saturated carbocycles. The highest BCUT2D eigenvalue weighted by atomic mass is 31.2. The lowest BCUT2D eigenvalue weighted by atomic mass is 9.96. The number of nitrogens with zero attached hydrogens (tertiary/aromatic N) is 1. The van der Waals surface area contributed by atoms with Crippen LogP contribution in [-0.4, -0.2) is 50.7 Å². The van der Waals surface area contributed by atoms with Gasteiger partial charge in [0.25, 0.3) is 0 Å². The van der Waals surface area contributed by atoms with E-state index in [1.807, 2.05) is 86.6 Å². The number of nitrogens with one attached hydrogen (secondary N) is 1. The van der Waals surface area contributed by atoms with Crippen LogP contribution in [0.15, 0.2) is 84.9 Å². The molecular formula is C33H41N2O7P. The van der Waals surface area contributed by atoms with E-state index in [2.05, 4.69) is 5.32 Å². The van der Waals surface area contributed by atoms with Crippen molar-refractivity contribution in [1.29, 1.82) is 0 Å². The van der Waals surface area contributed by atoms with Crippen molar-refractivity contribution in [2.75, 3.05) is 31.6 Å². The molecule has 1 N–H and O–H groups in total. The van der Waals surface area contributed by atoms with Gasteiger partial charge in [-0.05, 0) is 48.1 Å². The molecule has 0 aliphatic carbocycles. The highest BCUT2D eigenvalue weighted by molar-refractivity contribution is 7.59. The number of amides is 2. The van der Waals surface area contributed by atoms with Crippen molar-refractivity contribution in [1.82, 2.24) is 5.32 Å². The Labute approximate surface area is 254 Å². The van der Waals surface area contributed by atoms with Gasteiger partial charge in [0.2, 0.25) is 13.3 Å². The first-order valence-corrected chi connectivity index (χ1v) is 16.2. The summed E-state index contributed by atoms with van der Waals surface area (Å²) in [5.74, 6) is -1.67. The summed E-state index contributed by atoms with van der Waals surface area (Å²) in [7, 11) is -0.963. The highest BCUT2D eigenvalue weighted by Crippen LogP contribution is 2.48. The Kier molecular flexibility index (Phi) is 12.5. The van der Waals surface area contributed by atoms with Crippen LogP contribution in [-0.2, 0) is 34.8 Å². The number of methoxy groups -OCH3 is 1. The van der Waals surface area contributed by atoms with E-state index >= 15 is 0 Å². The lowest BCUT2D eigenvalue weighted by Gasteiger charge is -2.33. The summed E-state index contributed by atoms with van der Waals surface area (Å²) < 4.78 is 29.5. The third kappa shape index (κ3) is 9.80. The second-order valence-corrected chi connectivity index (χ2v) is 13.4. The van der Waals surface area contributed by atoms with E-state index < -0.39 is 31.4 Å². The predicted molar refractivity (Wildman–Crippen MR) is 168 cm³/mol. The van der Waals surface area contributed by atoms with Crippen LogP contribution in [0.5, 0.6) is 0 Å². The lowest BCUT2D eigenvalue weighted by molar-refractivity contribution is -0.143. The second kappa shape index (κ2) is 16.1. The van der Waals surface area contributed by atoms with Crippen LogP contribution in [0.4, 0.5) is 10.5 Å². The number of carbonyl (C=O) groups is 3. The minimum atomic E-state index is -3.53. The zero-order chi connectivity index (χ0) is 31.4. The van der Waals surface area contributed by atoms with Gasteiger partial charge in [-0.25, -0.2) is 9.59 Å². The maximum Gasteiger partial charge on any atom is 0.407 e. The predicted octanol–water partition coefficient (Wildman–Crippen LogP) is 6.72. The normalized spacial score (nSPS) is 13.8. The molecule has 10 heteroatoms. The first kappa shape index (κ1) is 33.6. The molecule has 2 unspecified atom stereocenters. The third-order valence-corrected chi connectivity index (χ3v) is 9.34. The second-order valence-electron chi connectivity index (χ2n) is 10.7. The molecular weight excluding hydrogens is 567 g/mol. The van der Waals surface area contributed by atoms with Crippen LogP contribution in [0.3, 0.4) is 0 Å². The average Bonchev–Trinajstić information content (AvgIpc) is 3.03. The van der Waals surface area contributed by atoms with Crippen LogP contribution >= 0.6 is 7.37 Å². The van der Waals surface area contributed by atoms with Gasteiger partial charge in [-0.3, -0.25) is 14.3 Å². The summed E-state index contributed by atoms with van der Waals surface area (Å²) in [6, 6.07) is 25.4. The fraction of sp³-hybridized carbons (Fsp3) is 0.364. The Balaban J connectivity index is 1.82. The molecule has 0 bridgehead atoms. The van der Waals surface area contributed by atoms with Gasteiger partial charge in [0.1, 0.15) is 12.6 Å². The summed E-state index contributed by atoms with van der Waals surface area (Å²) in [6.45, 7) is 5.57. The van der Waals surface area contributed by atoms with Gasteiger partial charge in [0.05, 0.1) is 13.4 Å². The Morgan fingerprint density at radius 1 is 0.837 bits per heavy atom. The minimum Gasteiger partial charge on any atom is -0.467 e. The molecule has 0 aromatic heterocycles. The number of hydrogen-bond acceptors (Lipinski definition) is 7. The summed E-state index contributed by atoms with van der Waals surface area (Å²) in [5, 5.41) is 2.53. The van der Waals surface area contributed by atoms with E-state index in [1.165, 1.54) is 19.1 Å². The Morgan fingerprint density at radius 3 is 1.98 bits per heavy atom. The quantitative estimate of drug-likeness (QED) is 0.160. The van der Waals surface area contributed by atoms with Crippen LogP contribution in [0, 0.1) is 11.8 Å². The van der Waals surface area contributed by atoms with Gasteiger partial charge in [-0.15, -0.1) is 0 Å². The van der Waals surface area contributed by atoms with Crippen molar-refractivity contribution >= 4 is 31.0 Å². The SMILES string of the molecule is COC(=O)[C@H](C)N(C(=O)C(CC(C)C)CP(=O)(CNC(=O)OCc1ccccc1)OC)c1ccc(-c2ccccc2)cc1. The number of benzene rings is 3. The Morgan fingerprint density at radius 2 is 1.42 bits per heavy atom. The molecule has 9 nitrogen and oxygen atoms in total. The highest BCUT2D eigenvalue weighted by Gasteiger charge is 2.38. The van der Waals surface area contributed by atoms with Crippen LogP contribution in [0.25, 0.3) is 11.1 Å². The van der Waals surface area contributed by atoms with Gasteiger partial charge in [-0.1, -0.05) is 86.6 Å². The molecule has 0 spiro atoms. The number of ether oxygens (including phenoxy) is 2. The molecule has 0 fully saturated rings. The van der Waals surface area contributed by atoms with E-state index in [-0.39, 0.29) is 30.9 Å². The molecule has 3 aromatic carbocycles. The van der Waals surface area contributed by atoms with E-state index in [0.29, 0.717) is 12.1 Å². The molecule has 0 aliphatic rings. The zero-order valence-corrected chi connectivity index (χ0v) is 26.3. The van der Waals surface area contributed by atoms with Crippen molar-refractivity contribution in [3.05, 3.63) is 90.5 Å². The number of rotatable bonds is 14. The topological polar surface area (TPSA) is 111 Å². The molecule has 230 valence electrons. The van der Waals surface area contributed by atoms with Gasteiger partial charge < -0.3 is 19.3 Å². The molecule has 3 aromatic rings. The number of anilines is 1. The summed E-state index contributed by atoms with van der Waals surface area (Å²) in [5.41, 5.74) is 3.29. The van der Waals surface area contributed by atoms with Crippen LogP contribution in [0.2, 0.25) is 0 Å². The minimum absolute atomic E-state index is 0.0574. The molecule has 0 saturated heterocycles. The van der Waals surface area contributed by atoms with Crippen LogP contribution in [0.1, 0.15) is 32.8 Å². The van der Waals surface area contributed by atoms with Crippen molar-refractivity contribution in [2.24, 2.45) is 11.8 Å². The molecule has 0 aliphatic heterocycles. The average molecular weight is 609 g/mol. The monoisotopic (exact) mass is 608 g/mol. The number of esters is 1. The first-order chi connectivity index (χ1) is 20.6. The van der Waals surface area contributed by atoms with Crippen LogP contribution < -0.4 is 10.2 Å². The standard InChI is InChI=1S/C33H41N2O7P/c1-24(2)20-29(22-43(39,41-5)23-34-33(38)42-21-26-12-8-6-9-13-26)31(36)35(25(3)32(37)40-4)30-18-16-28(17-19-30)27-14-10-7-11-15-27/h6-19,24-25,29H,20-23H2,1-5H3,(H,34,38)/t25-,29?,43?/m0/s1. The number of carbonyl (C=O) groups excluding carboxylic acids is 3. The van der Waals surface area contributed by atoms with Gasteiger partial charge in [-0.2, -0.15) is 0 Å². The maximum absolute atomic E-state index is 14.2. The molecule has 43 heavy (non-hydrogen) atoms. The Bertz CT molecular complexity index is 1380. The third-order valence-electron chi connectivity index (χ3n) is 7.03. The van der Waals surface area contributed by atoms with Crippen molar-refractivity contribution in [2.45, 2.75) is 39.8 Å².